The van der Waals surface area contributed by atoms with Gasteiger partial charge in [0.15, 0.2) is 0 Å². The normalized spacial score (nSPS) is 14.5. The summed E-state index contributed by atoms with van der Waals surface area (Å²) in [4.78, 5) is 15.8. The van der Waals surface area contributed by atoms with E-state index in [1.165, 1.54) is 45.2 Å². The first-order valence-corrected chi connectivity index (χ1v) is 13.3. The summed E-state index contributed by atoms with van der Waals surface area (Å²) in [6, 6.07) is 18.2. The lowest BCUT2D eigenvalue weighted by Crippen LogP contribution is -2.50. The summed E-state index contributed by atoms with van der Waals surface area (Å²) in [5.74, 6) is -0.831. The minimum absolute atomic E-state index is 0.0746. The molecule has 1 fully saturated rings. The SMILES string of the molecule is Cc1cc(C)cc(Sc2ccc(C#N)cc2S(=O)(=O)N2CCN(C(=O)c3cccc(F)c3)CC2)c1. The molecule has 0 bridgehead atoms. The minimum Gasteiger partial charge on any atom is -0.336 e. The molecular weight excluding hydrogens is 485 g/mol. The van der Waals surface area contributed by atoms with Gasteiger partial charge in [-0.2, -0.15) is 9.57 Å². The van der Waals surface area contributed by atoms with Gasteiger partial charge in [0, 0.05) is 41.5 Å². The Kier molecular flexibility index (Phi) is 7.26. The lowest BCUT2D eigenvalue weighted by Gasteiger charge is -2.34. The van der Waals surface area contributed by atoms with E-state index in [9.17, 15) is 22.9 Å². The van der Waals surface area contributed by atoms with Crippen LogP contribution in [-0.4, -0.2) is 49.7 Å². The number of piperazine rings is 1. The molecule has 35 heavy (non-hydrogen) atoms. The summed E-state index contributed by atoms with van der Waals surface area (Å²) in [5.41, 5.74) is 2.64. The van der Waals surface area contributed by atoms with Gasteiger partial charge in [-0.15, -0.1) is 0 Å². The number of amides is 1. The molecule has 0 N–H and O–H groups in total. The summed E-state index contributed by atoms with van der Waals surface area (Å²) >= 11 is 1.34. The highest BCUT2D eigenvalue weighted by Crippen LogP contribution is 2.36. The Morgan fingerprint density at radius 2 is 1.66 bits per heavy atom. The standard InChI is InChI=1S/C26H24FN3O3S2/c1-18-12-19(2)14-23(13-18)34-24-7-6-20(17-28)15-25(24)35(32,33)30-10-8-29(9-11-30)26(31)21-4-3-5-22(27)16-21/h3-7,12-16H,8-11H2,1-2H3. The van der Waals surface area contributed by atoms with E-state index < -0.39 is 15.8 Å². The van der Waals surface area contributed by atoms with Gasteiger partial charge in [0.2, 0.25) is 10.0 Å². The zero-order valence-electron chi connectivity index (χ0n) is 19.4. The first-order valence-electron chi connectivity index (χ1n) is 11.0. The van der Waals surface area contributed by atoms with E-state index >= 15 is 0 Å². The molecule has 0 unspecified atom stereocenters. The summed E-state index contributed by atoms with van der Waals surface area (Å²) in [5, 5.41) is 9.38. The Bertz CT molecular complexity index is 1410. The van der Waals surface area contributed by atoms with Crippen molar-refractivity contribution >= 4 is 27.7 Å². The maximum atomic E-state index is 13.6. The quantitative estimate of drug-likeness (QED) is 0.502. The molecule has 180 valence electrons. The fraction of sp³-hybridized carbons (Fsp3) is 0.231. The summed E-state index contributed by atoms with van der Waals surface area (Å²) in [6.45, 7) is 4.55. The van der Waals surface area contributed by atoms with E-state index in [1.54, 1.807) is 18.2 Å². The molecule has 0 aliphatic carbocycles. The van der Waals surface area contributed by atoms with Crippen LogP contribution in [0.5, 0.6) is 0 Å². The highest BCUT2D eigenvalue weighted by atomic mass is 32.2. The van der Waals surface area contributed by atoms with Crippen LogP contribution in [0.25, 0.3) is 0 Å². The van der Waals surface area contributed by atoms with Gasteiger partial charge in [-0.25, -0.2) is 12.8 Å². The van der Waals surface area contributed by atoms with Crippen molar-refractivity contribution in [1.29, 1.82) is 5.26 Å². The summed E-state index contributed by atoms with van der Waals surface area (Å²) in [7, 11) is -3.92. The molecule has 9 heteroatoms. The Labute approximate surface area is 209 Å². The molecule has 1 saturated heterocycles. The highest BCUT2D eigenvalue weighted by Gasteiger charge is 2.32. The first kappa shape index (κ1) is 24.9. The van der Waals surface area contributed by atoms with Crippen molar-refractivity contribution in [2.45, 2.75) is 28.5 Å². The molecule has 1 aliphatic heterocycles. The number of hydrogen-bond donors (Lipinski definition) is 0. The van der Waals surface area contributed by atoms with Crippen molar-refractivity contribution in [3.8, 4) is 6.07 Å². The van der Waals surface area contributed by atoms with Gasteiger partial charge < -0.3 is 4.90 Å². The van der Waals surface area contributed by atoms with Crippen molar-refractivity contribution in [3.05, 3.63) is 88.7 Å². The summed E-state index contributed by atoms with van der Waals surface area (Å²) < 4.78 is 42.1. The van der Waals surface area contributed by atoms with Crippen LogP contribution in [0.2, 0.25) is 0 Å². The Morgan fingerprint density at radius 1 is 0.971 bits per heavy atom. The first-order chi connectivity index (χ1) is 16.7. The van der Waals surface area contributed by atoms with E-state index in [2.05, 4.69) is 0 Å². The molecule has 4 rings (SSSR count). The van der Waals surface area contributed by atoms with E-state index in [0.29, 0.717) is 4.90 Å². The van der Waals surface area contributed by atoms with Gasteiger partial charge in [0.1, 0.15) is 5.82 Å². The van der Waals surface area contributed by atoms with E-state index in [4.69, 9.17) is 0 Å². The second-order valence-corrected chi connectivity index (χ2v) is 11.4. The van der Waals surface area contributed by atoms with Crippen LogP contribution in [0.4, 0.5) is 4.39 Å². The Morgan fingerprint density at radius 3 is 2.29 bits per heavy atom. The van der Waals surface area contributed by atoms with E-state index in [-0.39, 0.29) is 48.1 Å². The third kappa shape index (κ3) is 5.56. The van der Waals surface area contributed by atoms with E-state index in [0.717, 1.165) is 16.0 Å². The Balaban J connectivity index is 1.57. The number of hydrogen-bond acceptors (Lipinski definition) is 5. The number of aryl methyl sites for hydroxylation is 2. The molecule has 3 aromatic carbocycles. The smallest absolute Gasteiger partial charge is 0.254 e. The van der Waals surface area contributed by atoms with Gasteiger partial charge in [-0.1, -0.05) is 23.9 Å². The average molecular weight is 510 g/mol. The fourth-order valence-corrected chi connectivity index (χ4v) is 7.06. The third-order valence-corrected chi connectivity index (χ3v) is 8.83. The van der Waals surface area contributed by atoms with Crippen LogP contribution in [0, 0.1) is 31.0 Å². The van der Waals surface area contributed by atoms with Gasteiger partial charge in [0.25, 0.3) is 5.91 Å². The lowest BCUT2D eigenvalue weighted by molar-refractivity contribution is 0.0697. The number of carbonyl (C=O) groups is 1. The van der Waals surface area contributed by atoms with Crippen molar-refractivity contribution in [1.82, 2.24) is 9.21 Å². The maximum absolute atomic E-state index is 13.6. The highest BCUT2D eigenvalue weighted by molar-refractivity contribution is 8.00. The number of sulfonamides is 1. The van der Waals surface area contributed by atoms with Gasteiger partial charge in [-0.3, -0.25) is 4.79 Å². The fourth-order valence-electron chi connectivity index (χ4n) is 4.06. The molecule has 3 aromatic rings. The van der Waals surface area contributed by atoms with Crippen molar-refractivity contribution in [2.24, 2.45) is 0 Å². The number of benzene rings is 3. The maximum Gasteiger partial charge on any atom is 0.254 e. The molecule has 0 saturated carbocycles. The number of carbonyl (C=O) groups excluding carboxylic acids is 1. The minimum atomic E-state index is -3.92. The molecular formula is C26H24FN3O3S2. The number of nitriles is 1. The van der Waals surface area contributed by atoms with Gasteiger partial charge >= 0.3 is 0 Å². The second kappa shape index (κ2) is 10.2. The predicted octanol–water partition coefficient (Wildman–Crippen LogP) is 4.61. The van der Waals surface area contributed by atoms with Crippen LogP contribution in [-0.2, 0) is 10.0 Å². The predicted molar refractivity (Wildman–Crippen MR) is 132 cm³/mol. The molecule has 0 radical (unpaired) electrons. The number of nitrogens with zero attached hydrogens (tertiary/aromatic N) is 3. The van der Waals surface area contributed by atoms with Crippen molar-refractivity contribution < 1.29 is 17.6 Å². The van der Waals surface area contributed by atoms with Crippen LogP contribution in [0.1, 0.15) is 27.0 Å². The summed E-state index contributed by atoms with van der Waals surface area (Å²) in [6.07, 6.45) is 0. The van der Waals surface area contributed by atoms with Crippen LogP contribution < -0.4 is 0 Å². The molecule has 1 aliphatic rings. The van der Waals surface area contributed by atoms with Gasteiger partial charge in [0.05, 0.1) is 16.5 Å². The largest absolute Gasteiger partial charge is 0.336 e. The zero-order chi connectivity index (χ0) is 25.2. The van der Waals surface area contributed by atoms with Crippen molar-refractivity contribution in [2.75, 3.05) is 26.2 Å². The zero-order valence-corrected chi connectivity index (χ0v) is 21.0. The van der Waals surface area contributed by atoms with Gasteiger partial charge in [-0.05, 0) is 73.5 Å². The van der Waals surface area contributed by atoms with Crippen LogP contribution in [0.3, 0.4) is 0 Å². The Hall–Kier alpha value is -3.19. The third-order valence-electron chi connectivity index (χ3n) is 5.71. The van der Waals surface area contributed by atoms with Crippen LogP contribution in [0.15, 0.2) is 75.4 Å². The molecule has 6 nitrogen and oxygen atoms in total. The molecule has 1 heterocycles. The lowest BCUT2D eigenvalue weighted by atomic mass is 10.2. The van der Waals surface area contributed by atoms with Crippen molar-refractivity contribution in [3.63, 3.8) is 0 Å². The molecule has 0 aromatic heterocycles. The molecule has 0 spiro atoms. The number of rotatable bonds is 5. The van der Waals surface area contributed by atoms with Crippen LogP contribution >= 0.6 is 11.8 Å². The van der Waals surface area contributed by atoms with E-state index in [1.807, 2.05) is 38.1 Å². The molecule has 1 amide bonds. The number of halogens is 1. The topological polar surface area (TPSA) is 81.5 Å². The second-order valence-electron chi connectivity index (χ2n) is 8.41. The monoisotopic (exact) mass is 509 g/mol. The average Bonchev–Trinajstić information content (AvgIpc) is 2.83. The molecule has 0 atom stereocenters.